The summed E-state index contributed by atoms with van der Waals surface area (Å²) in [5.41, 5.74) is 7.76. The summed E-state index contributed by atoms with van der Waals surface area (Å²) in [6, 6.07) is 5.60. The van der Waals surface area contributed by atoms with Gasteiger partial charge in [0.2, 0.25) is 5.91 Å². The number of aromatic amines is 1. The number of hydrogen-bond acceptors (Lipinski definition) is 4. The summed E-state index contributed by atoms with van der Waals surface area (Å²) < 4.78 is 12.3. The molecule has 0 spiro atoms. The number of nitrogens with one attached hydrogen (secondary N) is 1. The third-order valence-electron chi connectivity index (χ3n) is 3.60. The molecule has 7 heteroatoms. The van der Waals surface area contributed by atoms with Crippen LogP contribution < -0.4 is 5.73 Å². The number of benzene rings is 1. The quantitative estimate of drug-likeness (QED) is 0.814. The van der Waals surface area contributed by atoms with E-state index in [1.165, 1.54) is 0 Å². The van der Waals surface area contributed by atoms with Crippen molar-refractivity contribution in [3.63, 3.8) is 0 Å². The molecule has 1 aliphatic rings. The van der Waals surface area contributed by atoms with E-state index in [4.69, 9.17) is 5.73 Å². The second-order valence-electron chi connectivity index (χ2n) is 5.22. The molecule has 0 radical (unpaired) electrons. The highest BCUT2D eigenvalue weighted by molar-refractivity contribution is 7.85. The Morgan fingerprint density at radius 3 is 2.95 bits per heavy atom. The lowest BCUT2D eigenvalue weighted by atomic mass is 10.3. The zero-order valence-electron chi connectivity index (χ0n) is 11.8. The van der Waals surface area contributed by atoms with Crippen molar-refractivity contribution < 1.29 is 9.00 Å². The third kappa shape index (κ3) is 2.92. The van der Waals surface area contributed by atoms with Crippen LogP contribution in [0.2, 0.25) is 0 Å². The van der Waals surface area contributed by atoms with Crippen molar-refractivity contribution in [1.82, 2.24) is 14.9 Å². The molecular weight excluding hydrogens is 288 g/mol. The van der Waals surface area contributed by atoms with E-state index in [0.717, 1.165) is 18.4 Å². The van der Waals surface area contributed by atoms with E-state index in [1.807, 2.05) is 6.92 Å². The Kier molecular flexibility index (Phi) is 3.67. The Morgan fingerprint density at radius 1 is 1.52 bits per heavy atom. The molecule has 6 nitrogen and oxygen atoms in total. The van der Waals surface area contributed by atoms with Gasteiger partial charge in [-0.1, -0.05) is 0 Å². The Bertz CT molecular complexity index is 708. The van der Waals surface area contributed by atoms with E-state index >= 15 is 0 Å². The number of H-pyrrole nitrogens is 1. The zero-order chi connectivity index (χ0) is 15.0. The first kappa shape index (κ1) is 14.1. The molecule has 112 valence electrons. The summed E-state index contributed by atoms with van der Waals surface area (Å²) in [7, 11) is -1.46. The first-order chi connectivity index (χ1) is 10.1. The number of nitrogens with two attached hydrogens (primary N) is 1. The van der Waals surface area contributed by atoms with Crippen molar-refractivity contribution in [3.8, 4) is 0 Å². The number of hydrogen-bond donors (Lipinski definition) is 2. The van der Waals surface area contributed by atoms with Crippen LogP contribution in [0.25, 0.3) is 11.0 Å². The predicted octanol–water partition coefficient (Wildman–Crippen LogP) is 1.26. The highest BCUT2D eigenvalue weighted by Crippen LogP contribution is 2.26. The molecule has 1 atom stereocenters. The average molecular weight is 306 g/mol. The Labute approximate surface area is 125 Å². The van der Waals surface area contributed by atoms with Crippen molar-refractivity contribution in [1.29, 1.82) is 0 Å². The van der Waals surface area contributed by atoms with Crippen molar-refractivity contribution in [2.24, 2.45) is 0 Å². The van der Waals surface area contributed by atoms with Gasteiger partial charge in [0.1, 0.15) is 5.75 Å². The van der Waals surface area contributed by atoms with Gasteiger partial charge in [-0.25, -0.2) is 4.98 Å². The number of rotatable bonds is 5. The zero-order valence-corrected chi connectivity index (χ0v) is 12.7. The second kappa shape index (κ2) is 5.48. The third-order valence-corrected chi connectivity index (χ3v) is 4.74. The Balaban J connectivity index is 1.75. The van der Waals surface area contributed by atoms with Gasteiger partial charge in [-0.05, 0) is 38.0 Å². The Morgan fingerprint density at radius 2 is 2.29 bits per heavy atom. The van der Waals surface area contributed by atoms with Gasteiger partial charge >= 0.3 is 0 Å². The number of carbonyl (C=O) groups excluding carboxylic acids is 1. The van der Waals surface area contributed by atoms with Gasteiger partial charge in [0.25, 0.3) is 0 Å². The van der Waals surface area contributed by atoms with Crippen molar-refractivity contribution in [2.75, 3.05) is 18.0 Å². The first-order valence-electron chi connectivity index (χ1n) is 7.01. The molecule has 1 saturated carbocycles. The van der Waals surface area contributed by atoms with Gasteiger partial charge in [-0.15, -0.1) is 0 Å². The molecule has 21 heavy (non-hydrogen) atoms. The maximum Gasteiger partial charge on any atom is 0.235 e. The van der Waals surface area contributed by atoms with Gasteiger partial charge < -0.3 is 15.6 Å². The molecule has 3 rings (SSSR count). The maximum absolute atomic E-state index is 12.3. The summed E-state index contributed by atoms with van der Waals surface area (Å²) in [4.78, 5) is 21.2. The molecule has 0 saturated heterocycles. The second-order valence-corrected chi connectivity index (χ2v) is 6.59. The summed E-state index contributed by atoms with van der Waals surface area (Å²) in [5.74, 6) is -0.0991. The lowest BCUT2D eigenvalue weighted by Gasteiger charge is -2.19. The topological polar surface area (TPSA) is 92.1 Å². The van der Waals surface area contributed by atoms with Crippen LogP contribution in [-0.4, -0.2) is 43.3 Å². The minimum absolute atomic E-state index is 0.0281. The fourth-order valence-corrected chi connectivity index (χ4v) is 3.35. The molecule has 1 aliphatic carbocycles. The molecule has 1 aromatic heterocycles. The summed E-state index contributed by atoms with van der Waals surface area (Å²) in [6.45, 7) is 2.61. The summed E-state index contributed by atoms with van der Waals surface area (Å²) >= 11 is 0. The van der Waals surface area contributed by atoms with Crippen LogP contribution >= 0.6 is 0 Å². The van der Waals surface area contributed by atoms with Crippen molar-refractivity contribution >= 4 is 33.4 Å². The monoisotopic (exact) mass is 306 g/mol. The lowest BCUT2D eigenvalue weighted by molar-refractivity contribution is -0.128. The molecule has 0 aliphatic heterocycles. The molecule has 0 bridgehead atoms. The van der Waals surface area contributed by atoms with E-state index < -0.39 is 10.8 Å². The van der Waals surface area contributed by atoms with Crippen LogP contribution in [0.5, 0.6) is 0 Å². The first-order valence-corrected chi connectivity index (χ1v) is 8.33. The van der Waals surface area contributed by atoms with Gasteiger partial charge in [-0.2, -0.15) is 0 Å². The standard InChI is InChI=1S/C14H18N4O2S/c1-2-18(10-4-5-10)13(19)8-21(20)14-16-11-6-3-9(15)7-12(11)17-14/h3,6-7,10H,2,4-5,8,15H2,1H3,(H,16,17). The number of fused-ring (bicyclic) bond motifs is 1. The van der Waals surface area contributed by atoms with E-state index in [-0.39, 0.29) is 11.7 Å². The number of imidazole rings is 1. The van der Waals surface area contributed by atoms with Gasteiger partial charge in [0, 0.05) is 18.3 Å². The van der Waals surface area contributed by atoms with E-state index in [1.54, 1.807) is 23.1 Å². The molecular formula is C14H18N4O2S. The highest BCUT2D eigenvalue weighted by atomic mass is 32.2. The van der Waals surface area contributed by atoms with Gasteiger partial charge in [0.05, 0.1) is 21.8 Å². The van der Waals surface area contributed by atoms with Crippen molar-refractivity contribution in [2.45, 2.75) is 31.0 Å². The minimum Gasteiger partial charge on any atom is -0.399 e. The summed E-state index contributed by atoms with van der Waals surface area (Å²) in [6.07, 6.45) is 2.10. The number of carbonyl (C=O) groups is 1. The Hall–Kier alpha value is -1.89. The number of amides is 1. The summed E-state index contributed by atoms with van der Waals surface area (Å²) in [5, 5.41) is 0.329. The molecule has 1 heterocycles. The fourth-order valence-electron chi connectivity index (χ4n) is 2.40. The molecule has 1 aromatic carbocycles. The molecule has 2 aromatic rings. The minimum atomic E-state index is -1.46. The molecule has 1 amide bonds. The predicted molar refractivity (Wildman–Crippen MR) is 82.2 cm³/mol. The van der Waals surface area contributed by atoms with Gasteiger partial charge in [0.15, 0.2) is 5.16 Å². The lowest BCUT2D eigenvalue weighted by Crippen LogP contribution is -2.36. The van der Waals surface area contributed by atoms with E-state index in [0.29, 0.717) is 28.9 Å². The normalized spacial score (nSPS) is 16.0. The average Bonchev–Trinajstić information content (AvgIpc) is 3.17. The fraction of sp³-hybridized carbons (Fsp3) is 0.429. The maximum atomic E-state index is 12.3. The van der Waals surface area contributed by atoms with Crippen LogP contribution in [0.3, 0.4) is 0 Å². The van der Waals surface area contributed by atoms with Crippen LogP contribution in [-0.2, 0) is 15.6 Å². The van der Waals surface area contributed by atoms with Crippen LogP contribution in [0.1, 0.15) is 19.8 Å². The molecule has 3 N–H and O–H groups in total. The molecule has 1 fully saturated rings. The van der Waals surface area contributed by atoms with Crippen LogP contribution in [0.4, 0.5) is 5.69 Å². The molecule has 1 unspecified atom stereocenters. The highest BCUT2D eigenvalue weighted by Gasteiger charge is 2.32. The van der Waals surface area contributed by atoms with E-state index in [2.05, 4.69) is 9.97 Å². The number of nitrogens with zero attached hydrogens (tertiary/aromatic N) is 2. The SMILES string of the molecule is CCN(C(=O)CS(=O)c1nc2ccc(N)cc2[nH]1)C1CC1. The van der Waals surface area contributed by atoms with E-state index in [9.17, 15) is 9.00 Å². The number of nitrogen functional groups attached to an aromatic ring is 1. The largest absolute Gasteiger partial charge is 0.399 e. The smallest absolute Gasteiger partial charge is 0.235 e. The van der Waals surface area contributed by atoms with Crippen LogP contribution in [0.15, 0.2) is 23.4 Å². The number of anilines is 1. The van der Waals surface area contributed by atoms with Crippen molar-refractivity contribution in [3.05, 3.63) is 18.2 Å². The van der Waals surface area contributed by atoms with Gasteiger partial charge in [-0.3, -0.25) is 9.00 Å². The number of aromatic nitrogens is 2. The van der Waals surface area contributed by atoms with Crippen LogP contribution in [0, 0.1) is 0 Å².